The minimum atomic E-state index is -0.246. The fraction of sp³-hybridized carbons (Fsp3) is 0.200. The highest BCUT2D eigenvalue weighted by molar-refractivity contribution is 6.43. The quantitative estimate of drug-likeness (QED) is 0.790. The van der Waals surface area contributed by atoms with Gasteiger partial charge in [-0.25, -0.2) is 4.98 Å². The van der Waals surface area contributed by atoms with Crippen LogP contribution in [0.4, 0.5) is 11.4 Å². The molecule has 0 unspecified atom stereocenters. The highest BCUT2D eigenvalue weighted by Gasteiger charge is 2.08. The molecule has 0 aliphatic heterocycles. The summed E-state index contributed by atoms with van der Waals surface area (Å²) in [6.07, 6.45) is 1.56. The lowest BCUT2D eigenvalue weighted by atomic mass is 10.3. The molecular weight excluding hydrogens is 325 g/mol. The number of ether oxygens (including phenoxy) is 1. The largest absolute Gasteiger partial charge is 0.383 e. The molecule has 1 heterocycles. The van der Waals surface area contributed by atoms with E-state index in [0.29, 0.717) is 40.3 Å². The average Bonchev–Trinajstić information content (AvgIpc) is 2.53. The zero-order valence-electron chi connectivity index (χ0n) is 11.9. The van der Waals surface area contributed by atoms with E-state index in [1.54, 1.807) is 43.6 Å². The number of aromatic nitrogens is 1. The van der Waals surface area contributed by atoms with Crippen molar-refractivity contribution in [3.8, 4) is 0 Å². The number of hydrogen-bond acceptors (Lipinski definition) is 4. The number of nitrogens with one attached hydrogen (secondary N) is 2. The first-order valence-corrected chi connectivity index (χ1v) is 7.31. The number of carbonyl (C=O) groups is 1. The summed E-state index contributed by atoms with van der Waals surface area (Å²) in [5, 5.41) is 6.70. The van der Waals surface area contributed by atoms with Crippen LogP contribution in [-0.2, 0) is 4.74 Å². The normalized spacial score (nSPS) is 10.3. The van der Waals surface area contributed by atoms with Crippen LogP contribution < -0.4 is 10.6 Å². The molecule has 0 atom stereocenters. The predicted octanol–water partition coefficient (Wildman–Crippen LogP) is 3.51. The Labute approximate surface area is 138 Å². The summed E-state index contributed by atoms with van der Waals surface area (Å²) in [6.45, 7) is 0.897. The fourth-order valence-electron chi connectivity index (χ4n) is 1.72. The van der Waals surface area contributed by atoms with Gasteiger partial charge in [0.05, 0.1) is 34.2 Å². The van der Waals surface area contributed by atoms with Crippen molar-refractivity contribution < 1.29 is 9.53 Å². The number of amides is 1. The van der Waals surface area contributed by atoms with Gasteiger partial charge in [-0.3, -0.25) is 4.79 Å². The zero-order valence-corrected chi connectivity index (χ0v) is 13.4. The molecule has 116 valence electrons. The molecule has 2 rings (SSSR count). The summed E-state index contributed by atoms with van der Waals surface area (Å²) in [6, 6.07) is 8.68. The second-order valence-corrected chi connectivity index (χ2v) is 5.19. The minimum Gasteiger partial charge on any atom is -0.383 e. The van der Waals surface area contributed by atoms with Gasteiger partial charge in [-0.2, -0.15) is 0 Å². The molecule has 0 saturated heterocycles. The van der Waals surface area contributed by atoms with E-state index in [4.69, 9.17) is 27.9 Å². The Kier molecular flexibility index (Phi) is 6.00. The van der Waals surface area contributed by atoms with E-state index >= 15 is 0 Å². The molecule has 5 nitrogen and oxygen atoms in total. The summed E-state index contributed by atoms with van der Waals surface area (Å²) in [7, 11) is 1.58. The summed E-state index contributed by atoms with van der Waals surface area (Å²) < 4.78 is 4.87. The van der Waals surface area contributed by atoms with Crippen LogP contribution >= 0.6 is 23.2 Å². The Bertz CT molecular complexity index is 648. The van der Waals surface area contributed by atoms with Gasteiger partial charge in [0.25, 0.3) is 5.91 Å². The molecule has 0 radical (unpaired) electrons. The first-order valence-electron chi connectivity index (χ1n) is 6.56. The van der Waals surface area contributed by atoms with E-state index < -0.39 is 0 Å². The first-order chi connectivity index (χ1) is 10.6. The van der Waals surface area contributed by atoms with Crippen LogP contribution in [-0.4, -0.2) is 31.2 Å². The highest BCUT2D eigenvalue weighted by atomic mass is 35.5. The third kappa shape index (κ3) is 4.34. The van der Waals surface area contributed by atoms with Crippen molar-refractivity contribution in [3.63, 3.8) is 0 Å². The highest BCUT2D eigenvalue weighted by Crippen LogP contribution is 2.31. The molecule has 0 bridgehead atoms. The number of anilines is 2. The number of pyridine rings is 1. The molecule has 7 heteroatoms. The van der Waals surface area contributed by atoms with Crippen LogP contribution in [0.3, 0.4) is 0 Å². The lowest BCUT2D eigenvalue weighted by molar-refractivity contribution is 0.0932. The van der Waals surface area contributed by atoms with Gasteiger partial charge < -0.3 is 15.4 Å². The van der Waals surface area contributed by atoms with E-state index in [-0.39, 0.29) is 5.91 Å². The van der Waals surface area contributed by atoms with Gasteiger partial charge in [0.15, 0.2) is 0 Å². The van der Waals surface area contributed by atoms with Crippen LogP contribution in [0.1, 0.15) is 10.5 Å². The Morgan fingerprint density at radius 2 is 2.09 bits per heavy atom. The van der Waals surface area contributed by atoms with Gasteiger partial charge in [0.2, 0.25) is 0 Å². The Morgan fingerprint density at radius 1 is 1.27 bits per heavy atom. The fourth-order valence-corrected chi connectivity index (χ4v) is 2.06. The van der Waals surface area contributed by atoms with Crippen molar-refractivity contribution >= 4 is 40.5 Å². The topological polar surface area (TPSA) is 63.2 Å². The van der Waals surface area contributed by atoms with Crippen LogP contribution in [0.2, 0.25) is 10.0 Å². The van der Waals surface area contributed by atoms with E-state index in [9.17, 15) is 4.79 Å². The SMILES string of the molecule is COCCNC(=O)c1ccc(Nc2cccc(Cl)c2Cl)cn1. The predicted molar refractivity (Wildman–Crippen MR) is 88.2 cm³/mol. The molecule has 0 saturated carbocycles. The molecule has 0 aliphatic carbocycles. The lowest BCUT2D eigenvalue weighted by Crippen LogP contribution is -2.27. The summed E-state index contributed by atoms with van der Waals surface area (Å²) in [4.78, 5) is 15.9. The molecule has 1 aromatic heterocycles. The second-order valence-electron chi connectivity index (χ2n) is 4.41. The lowest BCUT2D eigenvalue weighted by Gasteiger charge is -2.09. The van der Waals surface area contributed by atoms with Crippen molar-refractivity contribution in [2.75, 3.05) is 25.6 Å². The Balaban J connectivity index is 2.03. The van der Waals surface area contributed by atoms with Crippen molar-refractivity contribution in [1.82, 2.24) is 10.3 Å². The number of halogens is 2. The molecule has 2 N–H and O–H groups in total. The van der Waals surface area contributed by atoms with Gasteiger partial charge in [-0.15, -0.1) is 0 Å². The molecule has 1 aromatic carbocycles. The number of rotatable bonds is 6. The van der Waals surface area contributed by atoms with Crippen molar-refractivity contribution in [1.29, 1.82) is 0 Å². The number of methoxy groups -OCH3 is 1. The van der Waals surface area contributed by atoms with Crippen LogP contribution in [0, 0.1) is 0 Å². The summed E-state index contributed by atoms with van der Waals surface area (Å²) in [5.74, 6) is -0.246. The average molecular weight is 340 g/mol. The zero-order chi connectivity index (χ0) is 15.9. The molecule has 0 spiro atoms. The minimum absolute atomic E-state index is 0.246. The number of nitrogens with zero attached hydrogens (tertiary/aromatic N) is 1. The van der Waals surface area contributed by atoms with E-state index in [2.05, 4.69) is 15.6 Å². The van der Waals surface area contributed by atoms with Gasteiger partial charge in [0.1, 0.15) is 5.69 Å². The smallest absolute Gasteiger partial charge is 0.269 e. The van der Waals surface area contributed by atoms with E-state index in [1.807, 2.05) is 0 Å². The number of benzene rings is 1. The third-order valence-electron chi connectivity index (χ3n) is 2.82. The monoisotopic (exact) mass is 339 g/mol. The first kappa shape index (κ1) is 16.5. The third-order valence-corrected chi connectivity index (χ3v) is 3.64. The molecule has 2 aromatic rings. The van der Waals surface area contributed by atoms with Crippen molar-refractivity contribution in [2.45, 2.75) is 0 Å². The molecule has 0 aliphatic rings. The van der Waals surface area contributed by atoms with Crippen molar-refractivity contribution in [2.24, 2.45) is 0 Å². The standard InChI is InChI=1S/C15H15Cl2N3O2/c1-22-8-7-18-15(21)13-6-5-10(9-19-13)20-12-4-2-3-11(16)14(12)17/h2-6,9,20H,7-8H2,1H3,(H,18,21). The molecule has 1 amide bonds. The number of hydrogen-bond donors (Lipinski definition) is 2. The van der Waals surface area contributed by atoms with Crippen LogP contribution in [0.25, 0.3) is 0 Å². The molecule has 0 fully saturated rings. The maximum atomic E-state index is 11.8. The maximum Gasteiger partial charge on any atom is 0.269 e. The molecular formula is C15H15Cl2N3O2. The van der Waals surface area contributed by atoms with Crippen LogP contribution in [0.5, 0.6) is 0 Å². The van der Waals surface area contributed by atoms with E-state index in [0.717, 1.165) is 0 Å². The van der Waals surface area contributed by atoms with Gasteiger partial charge in [0, 0.05) is 13.7 Å². The summed E-state index contributed by atoms with van der Waals surface area (Å²) in [5.41, 5.74) is 1.71. The van der Waals surface area contributed by atoms with Gasteiger partial charge >= 0.3 is 0 Å². The second kappa shape index (κ2) is 7.98. The van der Waals surface area contributed by atoms with Gasteiger partial charge in [-0.1, -0.05) is 29.3 Å². The van der Waals surface area contributed by atoms with Crippen LogP contribution in [0.15, 0.2) is 36.5 Å². The van der Waals surface area contributed by atoms with Gasteiger partial charge in [-0.05, 0) is 24.3 Å². The Hall–Kier alpha value is -1.82. The van der Waals surface area contributed by atoms with E-state index in [1.165, 1.54) is 0 Å². The number of carbonyl (C=O) groups excluding carboxylic acids is 1. The molecule has 22 heavy (non-hydrogen) atoms. The Morgan fingerprint density at radius 3 is 2.77 bits per heavy atom. The maximum absolute atomic E-state index is 11.8. The summed E-state index contributed by atoms with van der Waals surface area (Å²) >= 11 is 12.1. The van der Waals surface area contributed by atoms with Crippen molar-refractivity contribution in [3.05, 3.63) is 52.3 Å².